The number of hydrogen-bond acceptors (Lipinski definition) is 3. The SMILES string of the molecule is CC(N)C(C)C(=O)N(CCO)C1CCCCC1. The highest BCUT2D eigenvalue weighted by Crippen LogP contribution is 2.24. The summed E-state index contributed by atoms with van der Waals surface area (Å²) in [7, 11) is 0. The Bertz CT molecular complexity index is 238. The van der Waals surface area contributed by atoms with E-state index in [-0.39, 0.29) is 24.5 Å². The summed E-state index contributed by atoms with van der Waals surface area (Å²) in [6.45, 7) is 4.22. The van der Waals surface area contributed by atoms with Gasteiger partial charge >= 0.3 is 0 Å². The molecule has 0 spiro atoms. The molecular formula is C13H26N2O2. The van der Waals surface area contributed by atoms with Crippen molar-refractivity contribution < 1.29 is 9.90 Å². The van der Waals surface area contributed by atoms with Crippen molar-refractivity contribution in [2.24, 2.45) is 11.7 Å². The van der Waals surface area contributed by atoms with Crippen molar-refractivity contribution in [1.29, 1.82) is 0 Å². The van der Waals surface area contributed by atoms with E-state index in [1.54, 1.807) is 0 Å². The second kappa shape index (κ2) is 6.97. The zero-order valence-electron chi connectivity index (χ0n) is 11.1. The van der Waals surface area contributed by atoms with Crippen LogP contribution in [0, 0.1) is 5.92 Å². The second-order valence-electron chi connectivity index (χ2n) is 5.19. The van der Waals surface area contributed by atoms with Crippen molar-refractivity contribution in [3.63, 3.8) is 0 Å². The number of nitrogens with zero attached hydrogens (tertiary/aromatic N) is 1. The molecule has 0 aromatic heterocycles. The maximum Gasteiger partial charge on any atom is 0.227 e. The molecule has 1 fully saturated rings. The van der Waals surface area contributed by atoms with Crippen LogP contribution in [0.3, 0.4) is 0 Å². The van der Waals surface area contributed by atoms with Crippen LogP contribution in [-0.2, 0) is 4.79 Å². The Balaban J connectivity index is 2.66. The van der Waals surface area contributed by atoms with E-state index in [9.17, 15) is 4.79 Å². The first kappa shape index (κ1) is 14.5. The molecule has 0 bridgehead atoms. The number of amides is 1. The summed E-state index contributed by atoms with van der Waals surface area (Å²) < 4.78 is 0. The standard InChI is InChI=1S/C13H26N2O2/c1-10(11(2)14)13(17)15(8-9-16)12-6-4-3-5-7-12/h10-12,16H,3-9,14H2,1-2H3. The third kappa shape index (κ3) is 3.96. The van der Waals surface area contributed by atoms with Crippen molar-refractivity contribution in [2.45, 2.75) is 58.0 Å². The van der Waals surface area contributed by atoms with Crippen molar-refractivity contribution in [3.8, 4) is 0 Å². The Morgan fingerprint density at radius 3 is 2.41 bits per heavy atom. The largest absolute Gasteiger partial charge is 0.395 e. The van der Waals surface area contributed by atoms with Crippen LogP contribution in [0.2, 0.25) is 0 Å². The molecule has 0 radical (unpaired) electrons. The van der Waals surface area contributed by atoms with Gasteiger partial charge < -0.3 is 15.7 Å². The minimum absolute atomic E-state index is 0.0356. The van der Waals surface area contributed by atoms with Gasteiger partial charge in [-0.15, -0.1) is 0 Å². The lowest BCUT2D eigenvalue weighted by Crippen LogP contribution is -2.48. The van der Waals surface area contributed by atoms with E-state index in [2.05, 4.69) is 0 Å². The van der Waals surface area contributed by atoms with E-state index in [4.69, 9.17) is 10.8 Å². The summed E-state index contributed by atoms with van der Waals surface area (Å²) in [5.41, 5.74) is 5.79. The Hall–Kier alpha value is -0.610. The number of carbonyl (C=O) groups excluding carboxylic acids is 1. The Labute approximate surface area is 104 Å². The summed E-state index contributed by atoms with van der Waals surface area (Å²) in [6.07, 6.45) is 5.77. The molecule has 2 atom stereocenters. The molecule has 3 N–H and O–H groups in total. The van der Waals surface area contributed by atoms with Gasteiger partial charge in [0.15, 0.2) is 0 Å². The molecule has 4 heteroatoms. The summed E-state index contributed by atoms with van der Waals surface area (Å²) >= 11 is 0. The smallest absolute Gasteiger partial charge is 0.227 e. The molecule has 100 valence electrons. The van der Waals surface area contributed by atoms with Crippen LogP contribution in [0.25, 0.3) is 0 Å². The molecule has 1 saturated carbocycles. The van der Waals surface area contributed by atoms with Crippen molar-refractivity contribution in [2.75, 3.05) is 13.2 Å². The maximum atomic E-state index is 12.3. The number of carbonyl (C=O) groups is 1. The number of hydrogen-bond donors (Lipinski definition) is 2. The van der Waals surface area contributed by atoms with Gasteiger partial charge in [-0.1, -0.05) is 26.2 Å². The number of aliphatic hydroxyl groups excluding tert-OH is 1. The van der Waals surface area contributed by atoms with Crippen LogP contribution in [0.1, 0.15) is 46.0 Å². The predicted octanol–water partition coefficient (Wildman–Crippen LogP) is 1.12. The Morgan fingerprint density at radius 1 is 1.35 bits per heavy atom. The fourth-order valence-corrected chi connectivity index (χ4v) is 2.46. The van der Waals surface area contributed by atoms with Crippen LogP contribution >= 0.6 is 0 Å². The van der Waals surface area contributed by atoms with Gasteiger partial charge in [0.25, 0.3) is 0 Å². The summed E-state index contributed by atoms with van der Waals surface area (Å²) in [5, 5.41) is 9.11. The molecule has 0 saturated heterocycles. The van der Waals surface area contributed by atoms with Crippen LogP contribution < -0.4 is 5.73 Å². The van der Waals surface area contributed by atoms with E-state index in [0.29, 0.717) is 12.6 Å². The Morgan fingerprint density at radius 2 is 1.94 bits per heavy atom. The first-order valence-corrected chi connectivity index (χ1v) is 6.74. The average molecular weight is 242 g/mol. The van der Waals surface area contributed by atoms with Crippen molar-refractivity contribution in [3.05, 3.63) is 0 Å². The molecule has 0 aliphatic heterocycles. The highest BCUT2D eigenvalue weighted by atomic mass is 16.3. The quantitative estimate of drug-likeness (QED) is 0.759. The first-order valence-electron chi connectivity index (χ1n) is 6.74. The molecule has 0 heterocycles. The monoisotopic (exact) mass is 242 g/mol. The number of rotatable bonds is 5. The number of nitrogens with two attached hydrogens (primary N) is 1. The minimum Gasteiger partial charge on any atom is -0.395 e. The van der Waals surface area contributed by atoms with Gasteiger partial charge in [0.1, 0.15) is 0 Å². The highest BCUT2D eigenvalue weighted by Gasteiger charge is 2.29. The summed E-state index contributed by atoms with van der Waals surface area (Å²) in [6, 6.07) is 0.178. The van der Waals surface area contributed by atoms with Crippen LogP contribution in [0.15, 0.2) is 0 Å². The van der Waals surface area contributed by atoms with E-state index in [1.807, 2.05) is 18.7 Å². The van der Waals surface area contributed by atoms with Gasteiger partial charge in [-0.05, 0) is 19.8 Å². The third-order valence-corrected chi connectivity index (χ3v) is 3.82. The lowest BCUT2D eigenvalue weighted by atomic mass is 9.92. The fraction of sp³-hybridized carbons (Fsp3) is 0.923. The summed E-state index contributed by atoms with van der Waals surface area (Å²) in [5.74, 6) is -0.0653. The van der Waals surface area contributed by atoms with Gasteiger partial charge in [-0.3, -0.25) is 4.79 Å². The van der Waals surface area contributed by atoms with Crippen LogP contribution in [0.5, 0.6) is 0 Å². The molecule has 1 amide bonds. The molecule has 4 nitrogen and oxygen atoms in total. The van der Waals surface area contributed by atoms with Gasteiger partial charge in [0.05, 0.1) is 12.5 Å². The lowest BCUT2D eigenvalue weighted by Gasteiger charge is -2.36. The molecule has 17 heavy (non-hydrogen) atoms. The second-order valence-corrected chi connectivity index (χ2v) is 5.19. The molecule has 1 aliphatic carbocycles. The fourth-order valence-electron chi connectivity index (χ4n) is 2.46. The molecule has 0 aromatic rings. The zero-order chi connectivity index (χ0) is 12.8. The Kier molecular flexibility index (Phi) is 5.92. The number of aliphatic hydroxyl groups is 1. The highest BCUT2D eigenvalue weighted by molar-refractivity contribution is 5.79. The first-order chi connectivity index (χ1) is 8.07. The maximum absolute atomic E-state index is 12.3. The molecule has 2 unspecified atom stereocenters. The zero-order valence-corrected chi connectivity index (χ0v) is 11.1. The molecule has 1 rings (SSSR count). The van der Waals surface area contributed by atoms with Gasteiger partial charge in [-0.2, -0.15) is 0 Å². The topological polar surface area (TPSA) is 66.6 Å². The molecular weight excluding hydrogens is 216 g/mol. The van der Waals surface area contributed by atoms with Crippen LogP contribution in [0.4, 0.5) is 0 Å². The predicted molar refractivity (Wildman–Crippen MR) is 68.5 cm³/mol. The van der Waals surface area contributed by atoms with Gasteiger partial charge in [0.2, 0.25) is 5.91 Å². The molecule has 1 aliphatic rings. The van der Waals surface area contributed by atoms with E-state index in [0.717, 1.165) is 12.8 Å². The van der Waals surface area contributed by atoms with Crippen molar-refractivity contribution >= 4 is 5.91 Å². The van der Waals surface area contributed by atoms with E-state index in [1.165, 1.54) is 19.3 Å². The van der Waals surface area contributed by atoms with Crippen LogP contribution in [-0.4, -0.2) is 41.1 Å². The minimum atomic E-state index is -0.163. The summed E-state index contributed by atoms with van der Waals surface area (Å²) in [4.78, 5) is 14.2. The normalized spacial score (nSPS) is 20.9. The van der Waals surface area contributed by atoms with Gasteiger partial charge in [0, 0.05) is 18.6 Å². The average Bonchev–Trinajstić information content (AvgIpc) is 2.35. The molecule has 0 aromatic carbocycles. The third-order valence-electron chi connectivity index (χ3n) is 3.82. The van der Waals surface area contributed by atoms with E-state index < -0.39 is 0 Å². The van der Waals surface area contributed by atoms with Crippen molar-refractivity contribution in [1.82, 2.24) is 4.90 Å². The van der Waals surface area contributed by atoms with Gasteiger partial charge in [-0.25, -0.2) is 0 Å². The van der Waals surface area contributed by atoms with E-state index >= 15 is 0 Å². The lowest BCUT2D eigenvalue weighted by molar-refractivity contribution is -0.139.